The van der Waals surface area contributed by atoms with E-state index < -0.39 is 4.92 Å². The molecule has 4 aromatic carbocycles. The Hall–Kier alpha value is -5.28. The fourth-order valence-electron chi connectivity index (χ4n) is 5.55. The van der Waals surface area contributed by atoms with Gasteiger partial charge in [-0.2, -0.15) is 0 Å². The molecule has 0 unspecified atom stereocenters. The summed E-state index contributed by atoms with van der Waals surface area (Å²) in [7, 11) is 1.86. The molecule has 0 aliphatic carbocycles. The van der Waals surface area contributed by atoms with E-state index in [1.165, 1.54) is 34.6 Å². The Morgan fingerprint density at radius 1 is 0.841 bits per heavy atom. The fraction of sp³-hybridized carbons (Fsp3) is 0.143. The molecule has 44 heavy (non-hydrogen) atoms. The molecule has 0 aliphatic rings. The predicted molar refractivity (Wildman–Crippen MR) is 175 cm³/mol. The molecular formula is C35H31N5O3S. The summed E-state index contributed by atoms with van der Waals surface area (Å²) in [5.41, 5.74) is 5.91. The largest absolute Gasteiger partial charge is 0.316 e. The van der Waals surface area contributed by atoms with Crippen LogP contribution in [0.1, 0.15) is 29.2 Å². The molecule has 2 aromatic heterocycles. The van der Waals surface area contributed by atoms with Crippen LogP contribution < -0.4 is 10.4 Å². The average Bonchev–Trinajstić information content (AvgIpc) is 3.55. The highest BCUT2D eigenvalue weighted by Gasteiger charge is 2.19. The van der Waals surface area contributed by atoms with Crippen molar-refractivity contribution < 1.29 is 4.92 Å². The van der Waals surface area contributed by atoms with Gasteiger partial charge in [-0.3, -0.25) is 19.6 Å². The molecule has 220 valence electrons. The Bertz CT molecular complexity index is 1980. The minimum atomic E-state index is -0.396. The van der Waals surface area contributed by atoms with E-state index in [4.69, 9.17) is 4.99 Å². The van der Waals surface area contributed by atoms with Gasteiger partial charge >= 0.3 is 0 Å². The van der Waals surface area contributed by atoms with E-state index in [0.717, 1.165) is 29.1 Å². The molecule has 0 fully saturated rings. The SMILES string of the molecule is Cc1c(N=c2scc(-c3ccc([N+](=O)[O-])cc3)n2CCC(c2ccccc2)c2ccccc2)c(=O)n(-c2ccccc2)n1C. The maximum atomic E-state index is 13.7. The number of non-ortho nitro benzene ring substituents is 1. The van der Waals surface area contributed by atoms with E-state index >= 15 is 0 Å². The second-order valence-corrected chi connectivity index (χ2v) is 11.4. The molecule has 2 heterocycles. The van der Waals surface area contributed by atoms with Crippen molar-refractivity contribution in [1.82, 2.24) is 13.9 Å². The second kappa shape index (κ2) is 12.5. The van der Waals surface area contributed by atoms with Crippen LogP contribution in [0, 0.1) is 17.0 Å². The van der Waals surface area contributed by atoms with Crippen molar-refractivity contribution in [2.75, 3.05) is 0 Å². The lowest BCUT2D eigenvalue weighted by Gasteiger charge is -2.19. The van der Waals surface area contributed by atoms with Crippen LogP contribution in [0.5, 0.6) is 0 Å². The number of nitro benzene ring substituents is 1. The number of hydrogen-bond acceptors (Lipinski definition) is 5. The Morgan fingerprint density at radius 3 is 1.98 bits per heavy atom. The molecule has 0 bridgehead atoms. The fourth-order valence-corrected chi connectivity index (χ4v) is 6.49. The number of hydrogen-bond donors (Lipinski definition) is 0. The minimum absolute atomic E-state index is 0.0371. The highest BCUT2D eigenvalue weighted by atomic mass is 32.1. The molecule has 0 atom stereocenters. The van der Waals surface area contributed by atoms with E-state index in [-0.39, 0.29) is 17.2 Å². The smallest absolute Gasteiger partial charge is 0.297 e. The van der Waals surface area contributed by atoms with E-state index in [0.29, 0.717) is 17.0 Å². The number of nitrogens with zero attached hydrogens (tertiary/aromatic N) is 5. The maximum absolute atomic E-state index is 13.7. The van der Waals surface area contributed by atoms with Crippen LogP contribution in [-0.2, 0) is 13.6 Å². The van der Waals surface area contributed by atoms with Gasteiger partial charge in [0, 0.05) is 37.0 Å². The van der Waals surface area contributed by atoms with Crippen molar-refractivity contribution in [2.24, 2.45) is 12.0 Å². The van der Waals surface area contributed by atoms with E-state index in [9.17, 15) is 14.9 Å². The summed E-state index contributed by atoms with van der Waals surface area (Å²) in [6.45, 7) is 2.51. The Balaban J connectivity index is 1.47. The molecule has 0 saturated carbocycles. The van der Waals surface area contributed by atoms with Gasteiger partial charge < -0.3 is 4.57 Å². The summed E-state index contributed by atoms with van der Waals surface area (Å²) in [5.74, 6) is 0.135. The molecule has 6 rings (SSSR count). The van der Waals surface area contributed by atoms with Crippen LogP contribution in [0.4, 0.5) is 11.4 Å². The Kier molecular flexibility index (Phi) is 8.21. The third-order valence-corrected chi connectivity index (χ3v) is 8.81. The molecule has 0 aliphatic heterocycles. The third kappa shape index (κ3) is 5.69. The molecule has 0 N–H and O–H groups in total. The summed E-state index contributed by atoms with van der Waals surface area (Å²) in [6, 6.07) is 37.0. The van der Waals surface area contributed by atoms with Crippen LogP contribution in [0.25, 0.3) is 16.9 Å². The monoisotopic (exact) mass is 601 g/mol. The summed E-state index contributed by atoms with van der Waals surface area (Å²) >= 11 is 1.45. The summed E-state index contributed by atoms with van der Waals surface area (Å²) in [6.07, 6.45) is 0.778. The van der Waals surface area contributed by atoms with Gasteiger partial charge in [-0.1, -0.05) is 78.9 Å². The van der Waals surface area contributed by atoms with Crippen LogP contribution in [0.2, 0.25) is 0 Å². The Morgan fingerprint density at radius 2 is 1.41 bits per heavy atom. The zero-order valence-electron chi connectivity index (χ0n) is 24.4. The van der Waals surface area contributed by atoms with Gasteiger partial charge in [-0.05, 0) is 54.3 Å². The lowest BCUT2D eigenvalue weighted by molar-refractivity contribution is -0.384. The molecule has 0 radical (unpaired) electrons. The quantitative estimate of drug-likeness (QED) is 0.128. The van der Waals surface area contributed by atoms with Crippen molar-refractivity contribution in [3.05, 3.63) is 163 Å². The highest BCUT2D eigenvalue weighted by molar-refractivity contribution is 7.07. The Labute approximate surface area is 258 Å². The molecule has 8 nitrogen and oxygen atoms in total. The van der Waals surface area contributed by atoms with Crippen LogP contribution in [-0.4, -0.2) is 18.9 Å². The number of para-hydroxylation sites is 1. The van der Waals surface area contributed by atoms with E-state index in [2.05, 4.69) is 53.1 Å². The van der Waals surface area contributed by atoms with E-state index in [1.54, 1.807) is 16.8 Å². The number of benzene rings is 4. The summed E-state index contributed by atoms with van der Waals surface area (Å²) in [4.78, 5) is 30.3. The van der Waals surface area contributed by atoms with Crippen LogP contribution in [0.15, 0.2) is 130 Å². The predicted octanol–water partition coefficient (Wildman–Crippen LogP) is 7.38. The third-order valence-electron chi connectivity index (χ3n) is 7.95. The van der Waals surface area contributed by atoms with Crippen molar-refractivity contribution in [2.45, 2.75) is 25.8 Å². The van der Waals surface area contributed by atoms with Gasteiger partial charge in [0.2, 0.25) is 0 Å². The van der Waals surface area contributed by atoms with Crippen molar-refractivity contribution in [3.63, 3.8) is 0 Å². The van der Waals surface area contributed by atoms with Crippen molar-refractivity contribution in [3.8, 4) is 16.9 Å². The highest BCUT2D eigenvalue weighted by Crippen LogP contribution is 2.30. The van der Waals surface area contributed by atoms with Crippen LogP contribution >= 0.6 is 11.3 Å². The lowest BCUT2D eigenvalue weighted by atomic mass is 9.88. The number of thiazole rings is 1. The first-order valence-corrected chi connectivity index (χ1v) is 15.2. The van der Waals surface area contributed by atoms with Gasteiger partial charge in [0.1, 0.15) is 0 Å². The normalized spacial score (nSPS) is 11.8. The zero-order chi connectivity index (χ0) is 30.6. The molecule has 0 amide bonds. The zero-order valence-corrected chi connectivity index (χ0v) is 25.2. The van der Waals surface area contributed by atoms with Crippen LogP contribution in [0.3, 0.4) is 0 Å². The van der Waals surface area contributed by atoms with Crippen molar-refractivity contribution >= 4 is 22.7 Å². The maximum Gasteiger partial charge on any atom is 0.297 e. The van der Waals surface area contributed by atoms with Crippen molar-refractivity contribution in [1.29, 1.82) is 0 Å². The first kappa shape index (κ1) is 28.8. The second-order valence-electron chi connectivity index (χ2n) is 10.5. The number of aromatic nitrogens is 3. The van der Waals surface area contributed by atoms with E-state index in [1.807, 2.05) is 66.5 Å². The molecule has 0 saturated heterocycles. The molecule has 9 heteroatoms. The summed E-state index contributed by atoms with van der Waals surface area (Å²) < 4.78 is 5.58. The van der Waals surface area contributed by atoms with Gasteiger partial charge in [0.15, 0.2) is 10.5 Å². The van der Waals surface area contributed by atoms with Gasteiger partial charge in [0.25, 0.3) is 11.2 Å². The summed E-state index contributed by atoms with van der Waals surface area (Å²) in [5, 5.41) is 13.3. The topological polar surface area (TPSA) is 87.4 Å². The van der Waals surface area contributed by atoms with Gasteiger partial charge in [-0.15, -0.1) is 11.3 Å². The lowest BCUT2D eigenvalue weighted by Crippen LogP contribution is -2.21. The first-order chi connectivity index (χ1) is 21.4. The van der Waals surface area contributed by atoms with Gasteiger partial charge in [-0.25, -0.2) is 9.67 Å². The minimum Gasteiger partial charge on any atom is -0.316 e. The number of rotatable bonds is 9. The molecular weight excluding hydrogens is 570 g/mol. The molecule has 6 aromatic rings. The number of nitro groups is 1. The van der Waals surface area contributed by atoms with Gasteiger partial charge in [0.05, 0.1) is 22.0 Å². The average molecular weight is 602 g/mol. The molecule has 0 spiro atoms. The first-order valence-electron chi connectivity index (χ1n) is 14.3. The standard InChI is InChI=1S/C35H31N5O3S/c1-25-33(34(41)39(37(25)2)29-16-10-5-11-17-29)36-35-38(32(24-44-35)28-18-20-30(21-19-28)40(42)43)23-22-31(26-12-6-3-7-13-26)27-14-8-4-9-15-27/h3-21,24,31H,22-23H2,1-2H3.